The molecule has 1 aliphatic rings. The van der Waals surface area contributed by atoms with E-state index < -0.39 is 12.0 Å². The fourth-order valence-electron chi connectivity index (χ4n) is 2.33. The van der Waals surface area contributed by atoms with Gasteiger partial charge in [0.25, 0.3) is 0 Å². The smallest absolute Gasteiger partial charge is 0.338 e. The van der Waals surface area contributed by atoms with Gasteiger partial charge in [-0.15, -0.1) is 0 Å². The molecule has 1 aliphatic heterocycles. The second-order valence-corrected chi connectivity index (χ2v) is 5.96. The summed E-state index contributed by atoms with van der Waals surface area (Å²) >= 11 is 1.60. The SMILES string of the molecule is COc1cccc([C@H]2NC(=O)NC(C)=C2C(=O)OCCSC)c1. The minimum Gasteiger partial charge on any atom is -0.497 e. The van der Waals surface area contributed by atoms with Crippen LogP contribution in [0, 0.1) is 0 Å². The normalized spacial score (nSPS) is 17.3. The van der Waals surface area contributed by atoms with Crippen LogP contribution in [-0.2, 0) is 9.53 Å². The van der Waals surface area contributed by atoms with Crippen molar-refractivity contribution < 1.29 is 19.1 Å². The summed E-state index contributed by atoms with van der Waals surface area (Å²) in [5.74, 6) is 0.946. The predicted octanol–water partition coefficient (Wildman–Crippen LogP) is 2.23. The fraction of sp³-hybridized carbons (Fsp3) is 0.375. The lowest BCUT2D eigenvalue weighted by molar-refractivity contribution is -0.138. The first-order valence-corrected chi connectivity index (χ1v) is 8.54. The predicted molar refractivity (Wildman–Crippen MR) is 89.4 cm³/mol. The highest BCUT2D eigenvalue weighted by molar-refractivity contribution is 7.98. The van der Waals surface area contributed by atoms with Gasteiger partial charge in [-0.1, -0.05) is 12.1 Å². The van der Waals surface area contributed by atoms with Gasteiger partial charge in [-0.3, -0.25) is 0 Å². The molecule has 0 radical (unpaired) electrons. The molecular weight excluding hydrogens is 316 g/mol. The van der Waals surface area contributed by atoms with Gasteiger partial charge < -0.3 is 20.1 Å². The van der Waals surface area contributed by atoms with Crippen LogP contribution in [0.1, 0.15) is 18.5 Å². The monoisotopic (exact) mass is 336 g/mol. The van der Waals surface area contributed by atoms with Crippen molar-refractivity contribution in [1.82, 2.24) is 10.6 Å². The number of esters is 1. The first-order valence-electron chi connectivity index (χ1n) is 7.15. The van der Waals surface area contributed by atoms with Crippen LogP contribution in [0.3, 0.4) is 0 Å². The van der Waals surface area contributed by atoms with E-state index in [0.29, 0.717) is 23.6 Å². The fourth-order valence-corrected chi connectivity index (χ4v) is 2.58. The Morgan fingerprint density at radius 2 is 2.17 bits per heavy atom. The molecule has 6 nitrogen and oxygen atoms in total. The van der Waals surface area contributed by atoms with Gasteiger partial charge in [0.2, 0.25) is 0 Å². The zero-order valence-electron chi connectivity index (χ0n) is 13.3. The molecule has 0 saturated heterocycles. The van der Waals surface area contributed by atoms with Gasteiger partial charge in [0, 0.05) is 11.4 Å². The van der Waals surface area contributed by atoms with E-state index in [1.54, 1.807) is 37.9 Å². The van der Waals surface area contributed by atoms with E-state index in [2.05, 4.69) is 10.6 Å². The molecule has 0 unspecified atom stereocenters. The lowest BCUT2D eigenvalue weighted by Gasteiger charge is -2.28. The van der Waals surface area contributed by atoms with Crippen molar-refractivity contribution in [2.45, 2.75) is 13.0 Å². The van der Waals surface area contributed by atoms with Gasteiger partial charge in [0.05, 0.1) is 18.7 Å². The van der Waals surface area contributed by atoms with E-state index in [1.165, 1.54) is 0 Å². The van der Waals surface area contributed by atoms with Crippen molar-refractivity contribution in [3.8, 4) is 5.75 Å². The summed E-state index contributed by atoms with van der Waals surface area (Å²) in [6.07, 6.45) is 1.94. The molecule has 1 heterocycles. The number of carbonyl (C=O) groups is 2. The van der Waals surface area contributed by atoms with Crippen molar-refractivity contribution in [3.63, 3.8) is 0 Å². The van der Waals surface area contributed by atoms with Gasteiger partial charge in [-0.25, -0.2) is 9.59 Å². The van der Waals surface area contributed by atoms with Crippen LogP contribution in [0.2, 0.25) is 0 Å². The third-order valence-electron chi connectivity index (χ3n) is 3.44. The first-order chi connectivity index (χ1) is 11.1. The van der Waals surface area contributed by atoms with Crippen LogP contribution >= 0.6 is 11.8 Å². The summed E-state index contributed by atoms with van der Waals surface area (Å²) in [7, 11) is 1.57. The molecule has 0 aliphatic carbocycles. The van der Waals surface area contributed by atoms with E-state index in [4.69, 9.17) is 9.47 Å². The van der Waals surface area contributed by atoms with Gasteiger partial charge in [0.15, 0.2) is 0 Å². The number of carbonyl (C=O) groups excluding carboxylic acids is 2. The summed E-state index contributed by atoms with van der Waals surface area (Å²) in [5, 5.41) is 5.39. The Bertz CT molecular complexity index is 630. The van der Waals surface area contributed by atoms with Gasteiger partial charge >= 0.3 is 12.0 Å². The molecule has 124 valence electrons. The van der Waals surface area contributed by atoms with Crippen LogP contribution in [0.5, 0.6) is 5.75 Å². The molecule has 2 rings (SSSR count). The number of hydrogen-bond donors (Lipinski definition) is 2. The van der Waals surface area contributed by atoms with Gasteiger partial charge in [-0.05, 0) is 30.9 Å². The van der Waals surface area contributed by atoms with Crippen LogP contribution in [0.15, 0.2) is 35.5 Å². The third kappa shape index (κ3) is 4.19. The molecule has 1 atom stereocenters. The van der Waals surface area contributed by atoms with Crippen LogP contribution < -0.4 is 15.4 Å². The molecule has 0 bridgehead atoms. The zero-order chi connectivity index (χ0) is 16.8. The Hall–Kier alpha value is -2.15. The molecule has 1 aromatic carbocycles. The maximum Gasteiger partial charge on any atom is 0.338 e. The molecule has 0 saturated carbocycles. The lowest BCUT2D eigenvalue weighted by atomic mass is 9.95. The zero-order valence-corrected chi connectivity index (χ0v) is 14.2. The van der Waals surface area contributed by atoms with Crippen LogP contribution in [0.4, 0.5) is 4.79 Å². The highest BCUT2D eigenvalue weighted by Gasteiger charge is 2.32. The Balaban J connectivity index is 2.32. The molecule has 1 aromatic rings. The molecule has 0 spiro atoms. The standard InChI is InChI=1S/C16H20N2O4S/c1-10-13(15(19)22-7-8-23-3)14(18-16(20)17-10)11-5-4-6-12(9-11)21-2/h4-6,9,14H,7-8H2,1-3H3,(H2,17,18,20)/t14-/m1/s1. The Kier molecular flexibility index (Phi) is 5.92. The summed E-state index contributed by atoms with van der Waals surface area (Å²) in [5.41, 5.74) is 1.66. The highest BCUT2D eigenvalue weighted by Crippen LogP contribution is 2.29. The largest absolute Gasteiger partial charge is 0.497 e. The minimum absolute atomic E-state index is 0.329. The molecule has 2 N–H and O–H groups in total. The van der Waals surface area contributed by atoms with E-state index in [1.807, 2.05) is 18.4 Å². The number of hydrogen-bond acceptors (Lipinski definition) is 5. The number of benzene rings is 1. The Morgan fingerprint density at radius 3 is 2.87 bits per heavy atom. The number of ether oxygens (including phenoxy) is 2. The van der Waals surface area contributed by atoms with Crippen molar-refractivity contribution >= 4 is 23.8 Å². The topological polar surface area (TPSA) is 76.7 Å². The van der Waals surface area contributed by atoms with E-state index in [0.717, 1.165) is 11.3 Å². The average molecular weight is 336 g/mol. The number of allylic oxidation sites excluding steroid dienone is 1. The highest BCUT2D eigenvalue weighted by atomic mass is 32.2. The second kappa shape index (κ2) is 7.92. The average Bonchev–Trinajstić information content (AvgIpc) is 2.54. The number of methoxy groups -OCH3 is 1. The van der Waals surface area contributed by atoms with Crippen molar-refractivity contribution in [2.75, 3.05) is 25.7 Å². The Morgan fingerprint density at radius 1 is 1.39 bits per heavy atom. The molecule has 2 amide bonds. The molecule has 7 heteroatoms. The molecular formula is C16H20N2O4S. The van der Waals surface area contributed by atoms with Crippen molar-refractivity contribution in [2.24, 2.45) is 0 Å². The van der Waals surface area contributed by atoms with Gasteiger partial charge in [0.1, 0.15) is 12.4 Å². The summed E-state index contributed by atoms with van der Waals surface area (Å²) in [6.45, 7) is 2.02. The Labute approximate surface area is 139 Å². The minimum atomic E-state index is -0.569. The summed E-state index contributed by atoms with van der Waals surface area (Å²) in [4.78, 5) is 24.2. The molecule has 23 heavy (non-hydrogen) atoms. The molecule has 0 aromatic heterocycles. The molecule has 0 fully saturated rings. The first kappa shape index (κ1) is 17.2. The van der Waals surface area contributed by atoms with Crippen molar-refractivity contribution in [3.05, 3.63) is 41.1 Å². The van der Waals surface area contributed by atoms with E-state index >= 15 is 0 Å². The lowest BCUT2D eigenvalue weighted by Crippen LogP contribution is -2.45. The number of amides is 2. The quantitative estimate of drug-likeness (QED) is 0.615. The maximum atomic E-state index is 12.4. The summed E-state index contributed by atoms with van der Waals surface area (Å²) < 4.78 is 10.5. The summed E-state index contributed by atoms with van der Waals surface area (Å²) in [6, 6.07) is 6.32. The van der Waals surface area contributed by atoms with E-state index in [-0.39, 0.29) is 6.03 Å². The van der Waals surface area contributed by atoms with E-state index in [9.17, 15) is 9.59 Å². The maximum absolute atomic E-state index is 12.4. The van der Waals surface area contributed by atoms with Gasteiger partial charge in [-0.2, -0.15) is 11.8 Å². The number of thioether (sulfide) groups is 1. The van der Waals surface area contributed by atoms with Crippen LogP contribution in [0.25, 0.3) is 0 Å². The second-order valence-electron chi connectivity index (χ2n) is 4.98. The number of urea groups is 1. The number of rotatable bonds is 6. The number of nitrogens with one attached hydrogen (secondary N) is 2. The van der Waals surface area contributed by atoms with Crippen molar-refractivity contribution in [1.29, 1.82) is 0 Å². The third-order valence-corrected chi connectivity index (χ3v) is 4.01. The van der Waals surface area contributed by atoms with Crippen LogP contribution in [-0.4, -0.2) is 37.7 Å².